The van der Waals surface area contributed by atoms with Crippen LogP contribution in [-0.4, -0.2) is 54.1 Å². The molecule has 1 aromatic heterocycles. The summed E-state index contributed by atoms with van der Waals surface area (Å²) in [7, 11) is 0. The first kappa shape index (κ1) is 20.2. The highest BCUT2D eigenvalue weighted by atomic mass is 15.3. The van der Waals surface area contributed by atoms with Crippen LogP contribution in [0.3, 0.4) is 0 Å². The maximum absolute atomic E-state index is 5.82. The van der Waals surface area contributed by atoms with E-state index in [4.69, 9.17) is 5.73 Å². The summed E-state index contributed by atoms with van der Waals surface area (Å²) >= 11 is 0. The molecule has 2 N–H and O–H groups in total. The van der Waals surface area contributed by atoms with E-state index in [0.29, 0.717) is 5.82 Å². The minimum absolute atomic E-state index is 0.252. The number of piperazine rings is 1. The van der Waals surface area contributed by atoms with Crippen LogP contribution in [0.2, 0.25) is 0 Å². The van der Waals surface area contributed by atoms with Crippen LogP contribution in [0, 0.1) is 17.3 Å². The van der Waals surface area contributed by atoms with Gasteiger partial charge in [-0.05, 0) is 54.3 Å². The molecule has 0 radical (unpaired) electrons. The SMILES string of the molecule is CC(C)[C@@H](C)CCN1CCN(CC(C)(C)Cc2ccnc(N)c2)CC1. The van der Waals surface area contributed by atoms with Gasteiger partial charge >= 0.3 is 0 Å². The number of nitrogens with two attached hydrogens (primary N) is 1. The molecule has 1 aromatic rings. The summed E-state index contributed by atoms with van der Waals surface area (Å²) in [5.74, 6) is 2.24. The van der Waals surface area contributed by atoms with Crippen molar-refractivity contribution in [1.29, 1.82) is 0 Å². The molecule has 0 saturated carbocycles. The number of aromatic nitrogens is 1. The average Bonchev–Trinajstić information content (AvgIpc) is 2.53. The molecular weight excluding hydrogens is 308 g/mol. The van der Waals surface area contributed by atoms with Crippen molar-refractivity contribution >= 4 is 5.82 Å². The number of hydrogen-bond donors (Lipinski definition) is 1. The van der Waals surface area contributed by atoms with Crippen molar-refractivity contribution in [3.63, 3.8) is 0 Å². The molecule has 0 unspecified atom stereocenters. The summed E-state index contributed by atoms with van der Waals surface area (Å²) in [6.07, 6.45) is 4.19. The van der Waals surface area contributed by atoms with Crippen molar-refractivity contribution in [1.82, 2.24) is 14.8 Å². The van der Waals surface area contributed by atoms with Crippen molar-refractivity contribution in [3.05, 3.63) is 23.9 Å². The fourth-order valence-electron chi connectivity index (χ4n) is 3.71. The average molecular weight is 347 g/mol. The molecule has 2 heterocycles. The Hall–Kier alpha value is -1.13. The van der Waals surface area contributed by atoms with Gasteiger partial charge in [-0.25, -0.2) is 4.98 Å². The summed E-state index contributed by atoms with van der Waals surface area (Å²) in [6.45, 7) is 19.0. The van der Waals surface area contributed by atoms with E-state index < -0.39 is 0 Å². The van der Waals surface area contributed by atoms with Gasteiger partial charge in [0.15, 0.2) is 0 Å². The van der Waals surface area contributed by atoms with Gasteiger partial charge in [0.1, 0.15) is 5.82 Å². The summed E-state index contributed by atoms with van der Waals surface area (Å²) in [5.41, 5.74) is 7.36. The second-order valence-corrected chi connectivity index (χ2v) is 9.06. The Labute approximate surface area is 154 Å². The molecule has 0 bridgehead atoms. The fourth-order valence-corrected chi connectivity index (χ4v) is 3.71. The van der Waals surface area contributed by atoms with Crippen LogP contribution < -0.4 is 5.73 Å². The van der Waals surface area contributed by atoms with Crippen LogP contribution in [0.1, 0.15) is 46.6 Å². The molecular formula is C21H38N4. The molecule has 1 saturated heterocycles. The largest absolute Gasteiger partial charge is 0.384 e. The van der Waals surface area contributed by atoms with Crippen molar-refractivity contribution in [3.8, 4) is 0 Å². The third-order valence-corrected chi connectivity index (χ3v) is 5.68. The number of pyridine rings is 1. The van der Waals surface area contributed by atoms with Crippen LogP contribution in [0.4, 0.5) is 5.82 Å². The summed E-state index contributed by atoms with van der Waals surface area (Å²) in [6, 6.07) is 4.10. The Balaban J connectivity index is 1.75. The lowest BCUT2D eigenvalue weighted by Gasteiger charge is -2.39. The van der Waals surface area contributed by atoms with Gasteiger partial charge in [0.2, 0.25) is 0 Å². The summed E-state index contributed by atoms with van der Waals surface area (Å²) in [4.78, 5) is 9.37. The molecule has 1 aliphatic heterocycles. The first-order chi connectivity index (χ1) is 11.7. The van der Waals surface area contributed by atoms with E-state index in [-0.39, 0.29) is 5.41 Å². The summed E-state index contributed by atoms with van der Waals surface area (Å²) < 4.78 is 0. The normalized spacial score (nSPS) is 18.6. The second-order valence-electron chi connectivity index (χ2n) is 9.06. The van der Waals surface area contributed by atoms with Crippen LogP contribution in [0.25, 0.3) is 0 Å². The van der Waals surface area contributed by atoms with Gasteiger partial charge in [0.25, 0.3) is 0 Å². The highest BCUT2D eigenvalue weighted by Crippen LogP contribution is 2.24. The topological polar surface area (TPSA) is 45.4 Å². The van der Waals surface area contributed by atoms with Crippen molar-refractivity contribution in [2.24, 2.45) is 17.3 Å². The number of rotatable bonds is 8. The molecule has 2 rings (SSSR count). The number of anilines is 1. The Morgan fingerprint density at radius 1 is 1.12 bits per heavy atom. The second kappa shape index (κ2) is 9.00. The maximum Gasteiger partial charge on any atom is 0.123 e. The molecule has 4 heteroatoms. The zero-order valence-corrected chi connectivity index (χ0v) is 17.0. The third kappa shape index (κ3) is 6.95. The Morgan fingerprint density at radius 3 is 2.36 bits per heavy atom. The molecule has 25 heavy (non-hydrogen) atoms. The van der Waals surface area contributed by atoms with Gasteiger partial charge in [0, 0.05) is 38.9 Å². The molecule has 0 aliphatic carbocycles. The molecule has 4 nitrogen and oxygen atoms in total. The minimum atomic E-state index is 0.252. The Morgan fingerprint density at radius 2 is 1.76 bits per heavy atom. The van der Waals surface area contributed by atoms with Crippen molar-refractivity contribution in [2.45, 2.75) is 47.5 Å². The van der Waals surface area contributed by atoms with Gasteiger partial charge in [0.05, 0.1) is 0 Å². The van der Waals surface area contributed by atoms with E-state index >= 15 is 0 Å². The molecule has 142 valence electrons. The highest BCUT2D eigenvalue weighted by molar-refractivity contribution is 5.32. The van der Waals surface area contributed by atoms with Crippen molar-refractivity contribution in [2.75, 3.05) is 45.0 Å². The van der Waals surface area contributed by atoms with Crippen molar-refractivity contribution < 1.29 is 0 Å². The minimum Gasteiger partial charge on any atom is -0.384 e. The van der Waals surface area contributed by atoms with E-state index in [9.17, 15) is 0 Å². The van der Waals surface area contributed by atoms with E-state index in [1.807, 2.05) is 12.3 Å². The quantitative estimate of drug-likeness (QED) is 0.782. The first-order valence-corrected chi connectivity index (χ1v) is 9.90. The molecule has 1 fully saturated rings. The maximum atomic E-state index is 5.82. The van der Waals surface area contributed by atoms with Crippen LogP contribution >= 0.6 is 0 Å². The fraction of sp³-hybridized carbons (Fsp3) is 0.762. The van der Waals surface area contributed by atoms with Gasteiger partial charge in [-0.15, -0.1) is 0 Å². The molecule has 1 atom stereocenters. The van der Waals surface area contributed by atoms with Gasteiger partial charge in [-0.1, -0.05) is 34.6 Å². The van der Waals surface area contributed by atoms with Crippen LogP contribution in [0.5, 0.6) is 0 Å². The standard InChI is InChI=1S/C21H38N4/c1-17(2)18(3)7-9-24-10-12-25(13-11-24)16-21(4,5)15-19-6-8-23-20(22)14-19/h6,8,14,17-18H,7,9-13,15-16H2,1-5H3,(H2,22,23)/t18-/m0/s1. The number of nitrogens with zero attached hydrogens (tertiary/aromatic N) is 3. The van der Waals surface area contributed by atoms with Gasteiger partial charge in [-0.3, -0.25) is 0 Å². The first-order valence-electron chi connectivity index (χ1n) is 9.90. The van der Waals surface area contributed by atoms with E-state index in [0.717, 1.165) is 24.8 Å². The molecule has 0 aromatic carbocycles. The Kier molecular flexibility index (Phi) is 7.26. The lowest BCUT2D eigenvalue weighted by atomic mass is 9.85. The monoisotopic (exact) mass is 346 g/mol. The van der Waals surface area contributed by atoms with Gasteiger partial charge in [-0.2, -0.15) is 0 Å². The van der Waals surface area contributed by atoms with Crippen LogP contribution in [0.15, 0.2) is 18.3 Å². The zero-order chi connectivity index (χ0) is 18.4. The number of hydrogen-bond acceptors (Lipinski definition) is 4. The molecule has 1 aliphatic rings. The molecule has 0 amide bonds. The zero-order valence-electron chi connectivity index (χ0n) is 17.0. The lowest BCUT2D eigenvalue weighted by molar-refractivity contribution is 0.0923. The third-order valence-electron chi connectivity index (χ3n) is 5.68. The number of nitrogen functional groups attached to an aromatic ring is 1. The predicted molar refractivity (Wildman–Crippen MR) is 108 cm³/mol. The van der Waals surface area contributed by atoms with Crippen LogP contribution in [-0.2, 0) is 6.42 Å². The van der Waals surface area contributed by atoms with E-state index in [2.05, 4.69) is 55.5 Å². The van der Waals surface area contributed by atoms with E-state index in [1.54, 1.807) is 0 Å². The Bertz CT molecular complexity index is 518. The highest BCUT2D eigenvalue weighted by Gasteiger charge is 2.25. The summed E-state index contributed by atoms with van der Waals surface area (Å²) in [5, 5.41) is 0. The van der Waals surface area contributed by atoms with E-state index in [1.165, 1.54) is 44.7 Å². The predicted octanol–water partition coefficient (Wildman–Crippen LogP) is 3.53. The lowest BCUT2D eigenvalue weighted by Crippen LogP contribution is -2.49. The van der Waals surface area contributed by atoms with Gasteiger partial charge < -0.3 is 15.5 Å². The molecule has 0 spiro atoms. The smallest absolute Gasteiger partial charge is 0.123 e.